The highest BCUT2D eigenvalue weighted by Gasteiger charge is 2.07. The summed E-state index contributed by atoms with van der Waals surface area (Å²) in [5.74, 6) is 0.924. The first-order chi connectivity index (χ1) is 7.98. The zero-order valence-corrected chi connectivity index (χ0v) is 11.4. The van der Waals surface area contributed by atoms with Crippen molar-refractivity contribution in [1.29, 1.82) is 0 Å². The van der Waals surface area contributed by atoms with Crippen molar-refractivity contribution in [3.05, 3.63) is 23.2 Å². The van der Waals surface area contributed by atoms with Crippen molar-refractivity contribution in [1.82, 2.24) is 0 Å². The number of ether oxygens (including phenoxy) is 1. The first kappa shape index (κ1) is 14.1. The molecule has 0 amide bonds. The maximum Gasteiger partial charge on any atom is 0.151 e. The summed E-state index contributed by atoms with van der Waals surface area (Å²) in [4.78, 5) is 0. The number of hydrogen-bond donors (Lipinski definition) is 1. The Labute approximate surface area is 107 Å². The van der Waals surface area contributed by atoms with Crippen LogP contribution in [-0.4, -0.2) is 33.6 Å². The van der Waals surface area contributed by atoms with Crippen LogP contribution in [0, 0.1) is 0 Å². The van der Waals surface area contributed by atoms with Gasteiger partial charge in [0, 0.05) is 18.4 Å². The van der Waals surface area contributed by atoms with Gasteiger partial charge >= 0.3 is 0 Å². The highest BCUT2D eigenvalue weighted by molar-refractivity contribution is 7.91. The van der Waals surface area contributed by atoms with Crippen molar-refractivity contribution >= 4 is 27.1 Å². The van der Waals surface area contributed by atoms with E-state index in [1.807, 2.05) is 0 Å². The summed E-state index contributed by atoms with van der Waals surface area (Å²) in [6, 6.07) is 5.19. The molecule has 0 aliphatic heterocycles. The summed E-state index contributed by atoms with van der Waals surface area (Å²) in [7, 11) is -1.39. The van der Waals surface area contributed by atoms with E-state index in [-0.39, 0.29) is 11.5 Å². The van der Waals surface area contributed by atoms with E-state index in [1.165, 1.54) is 0 Å². The summed E-state index contributed by atoms with van der Waals surface area (Å²) in [5.41, 5.74) is 0.678. The molecular formula is C11H16ClNO3S. The predicted molar refractivity (Wildman–Crippen MR) is 70.8 cm³/mol. The molecule has 0 radical (unpaired) electrons. The third-order valence-corrected chi connectivity index (χ3v) is 4.38. The molecule has 0 aliphatic rings. The van der Waals surface area contributed by atoms with Gasteiger partial charge in [-0.3, -0.25) is 0 Å². The van der Waals surface area contributed by atoms with Gasteiger partial charge in [-0.15, -0.1) is 0 Å². The molecule has 0 fully saturated rings. The Morgan fingerprint density at radius 3 is 2.71 bits per heavy atom. The van der Waals surface area contributed by atoms with E-state index in [4.69, 9.17) is 16.3 Å². The van der Waals surface area contributed by atoms with Gasteiger partial charge in [0.25, 0.3) is 0 Å². The van der Waals surface area contributed by atoms with Crippen LogP contribution >= 0.6 is 11.6 Å². The number of halogens is 1. The van der Waals surface area contributed by atoms with Crippen LogP contribution < -0.4 is 10.1 Å². The molecule has 17 heavy (non-hydrogen) atoms. The Kier molecular flexibility index (Phi) is 5.08. The van der Waals surface area contributed by atoms with E-state index in [9.17, 15) is 8.42 Å². The molecule has 0 spiro atoms. The predicted octanol–water partition coefficient (Wildman–Crippen LogP) is 2.20. The van der Waals surface area contributed by atoms with Crippen LogP contribution in [0.15, 0.2) is 18.2 Å². The Morgan fingerprint density at radius 2 is 2.12 bits per heavy atom. The second-order valence-corrected chi connectivity index (χ2v) is 6.39. The van der Waals surface area contributed by atoms with E-state index in [0.29, 0.717) is 23.0 Å². The van der Waals surface area contributed by atoms with Crippen molar-refractivity contribution in [2.24, 2.45) is 0 Å². The molecule has 0 aromatic heterocycles. The lowest BCUT2D eigenvalue weighted by molar-refractivity contribution is 0.415. The topological polar surface area (TPSA) is 55.4 Å². The maximum absolute atomic E-state index is 11.3. The fourth-order valence-electron chi connectivity index (χ4n) is 1.25. The second kappa shape index (κ2) is 6.12. The fourth-order valence-corrected chi connectivity index (χ4v) is 2.14. The largest absolute Gasteiger partial charge is 0.497 e. The first-order valence-electron chi connectivity index (χ1n) is 5.26. The number of anilines is 1. The van der Waals surface area contributed by atoms with Crippen LogP contribution in [0.2, 0.25) is 5.02 Å². The van der Waals surface area contributed by atoms with Crippen LogP contribution in [0.3, 0.4) is 0 Å². The molecule has 0 atom stereocenters. The maximum atomic E-state index is 11.3. The Balaban J connectivity index is 2.63. The molecule has 1 N–H and O–H groups in total. The summed E-state index contributed by atoms with van der Waals surface area (Å²) < 4.78 is 27.7. The lowest BCUT2D eigenvalue weighted by Crippen LogP contribution is -2.17. The second-order valence-electron chi connectivity index (χ2n) is 3.51. The van der Waals surface area contributed by atoms with E-state index in [1.54, 1.807) is 32.2 Å². The van der Waals surface area contributed by atoms with Crippen LogP contribution in [0.25, 0.3) is 0 Å². The van der Waals surface area contributed by atoms with Crippen molar-refractivity contribution in [3.8, 4) is 5.75 Å². The van der Waals surface area contributed by atoms with E-state index < -0.39 is 9.84 Å². The van der Waals surface area contributed by atoms with Crippen LogP contribution in [0.5, 0.6) is 5.75 Å². The molecule has 4 nitrogen and oxygen atoms in total. The Morgan fingerprint density at radius 1 is 1.41 bits per heavy atom. The molecule has 0 saturated carbocycles. The summed E-state index contributed by atoms with van der Waals surface area (Å²) in [6.45, 7) is 1.97. The van der Waals surface area contributed by atoms with Gasteiger partial charge in [0.15, 0.2) is 9.84 Å². The molecule has 96 valence electrons. The summed E-state index contributed by atoms with van der Waals surface area (Å²) >= 11 is 5.97. The minimum atomic E-state index is -2.96. The Bertz CT molecular complexity index is 474. The molecule has 0 heterocycles. The van der Waals surface area contributed by atoms with Gasteiger partial charge in [-0.05, 0) is 12.1 Å². The normalized spacial score (nSPS) is 11.2. The van der Waals surface area contributed by atoms with Crippen molar-refractivity contribution < 1.29 is 13.2 Å². The number of nitrogens with one attached hydrogen (secondary N) is 1. The fraction of sp³-hybridized carbons (Fsp3) is 0.455. The lowest BCUT2D eigenvalue weighted by atomic mass is 10.3. The molecule has 1 aromatic carbocycles. The van der Waals surface area contributed by atoms with Gasteiger partial charge in [-0.2, -0.15) is 0 Å². The molecule has 0 bridgehead atoms. The highest BCUT2D eigenvalue weighted by atomic mass is 35.5. The number of methoxy groups -OCH3 is 1. The molecule has 0 aliphatic carbocycles. The first-order valence-corrected chi connectivity index (χ1v) is 7.46. The summed E-state index contributed by atoms with van der Waals surface area (Å²) in [5, 5.41) is 3.53. The average Bonchev–Trinajstić information content (AvgIpc) is 2.31. The number of benzene rings is 1. The number of sulfone groups is 1. The quantitative estimate of drug-likeness (QED) is 0.866. The molecular weight excluding hydrogens is 262 g/mol. The van der Waals surface area contributed by atoms with Gasteiger partial charge in [0.1, 0.15) is 5.75 Å². The monoisotopic (exact) mass is 277 g/mol. The molecule has 6 heteroatoms. The number of hydrogen-bond acceptors (Lipinski definition) is 4. The van der Waals surface area contributed by atoms with E-state index >= 15 is 0 Å². The smallest absolute Gasteiger partial charge is 0.151 e. The van der Waals surface area contributed by atoms with E-state index in [2.05, 4.69) is 5.32 Å². The lowest BCUT2D eigenvalue weighted by Gasteiger charge is -2.09. The van der Waals surface area contributed by atoms with Gasteiger partial charge in [0.05, 0.1) is 23.6 Å². The SMILES string of the molecule is CCS(=O)(=O)CCNc1cc(OC)ccc1Cl. The molecule has 1 aromatic rings. The zero-order chi connectivity index (χ0) is 12.9. The van der Waals surface area contributed by atoms with E-state index in [0.717, 1.165) is 0 Å². The zero-order valence-electron chi connectivity index (χ0n) is 9.86. The molecule has 0 unspecified atom stereocenters. The van der Waals surface area contributed by atoms with Crippen LogP contribution in [-0.2, 0) is 9.84 Å². The average molecular weight is 278 g/mol. The van der Waals surface area contributed by atoms with Crippen molar-refractivity contribution in [2.75, 3.05) is 30.5 Å². The number of rotatable bonds is 6. The Hall–Kier alpha value is -0.940. The summed E-state index contributed by atoms with van der Waals surface area (Å²) in [6.07, 6.45) is 0. The van der Waals surface area contributed by atoms with Gasteiger partial charge in [-0.25, -0.2) is 8.42 Å². The van der Waals surface area contributed by atoms with Gasteiger partial charge in [0.2, 0.25) is 0 Å². The third-order valence-electron chi connectivity index (χ3n) is 2.34. The molecule has 1 rings (SSSR count). The van der Waals surface area contributed by atoms with Crippen LogP contribution in [0.4, 0.5) is 5.69 Å². The minimum absolute atomic E-state index is 0.0943. The van der Waals surface area contributed by atoms with Gasteiger partial charge < -0.3 is 10.1 Å². The van der Waals surface area contributed by atoms with Crippen molar-refractivity contribution in [2.45, 2.75) is 6.92 Å². The van der Waals surface area contributed by atoms with Gasteiger partial charge in [-0.1, -0.05) is 18.5 Å². The molecule has 0 saturated heterocycles. The minimum Gasteiger partial charge on any atom is -0.497 e. The van der Waals surface area contributed by atoms with Crippen molar-refractivity contribution in [3.63, 3.8) is 0 Å². The third kappa shape index (κ3) is 4.44. The standard InChI is InChI=1S/C11H16ClNO3S/c1-3-17(14,15)7-6-13-11-8-9(16-2)4-5-10(11)12/h4-5,8,13H,3,6-7H2,1-2H3. The highest BCUT2D eigenvalue weighted by Crippen LogP contribution is 2.26. The van der Waals surface area contributed by atoms with Crippen LogP contribution in [0.1, 0.15) is 6.92 Å².